The molecule has 1 amide bonds. The van der Waals surface area contributed by atoms with Gasteiger partial charge in [0.15, 0.2) is 0 Å². The van der Waals surface area contributed by atoms with Gasteiger partial charge in [-0.05, 0) is 30.3 Å². The molecule has 1 aromatic heterocycles. The summed E-state index contributed by atoms with van der Waals surface area (Å²) < 4.78 is 39.3. The van der Waals surface area contributed by atoms with Crippen LogP contribution in [0.15, 0.2) is 35.2 Å². The van der Waals surface area contributed by atoms with Crippen molar-refractivity contribution in [2.45, 2.75) is 11.4 Å². The smallest absolute Gasteiger partial charge is 0.394 e. The Bertz CT molecular complexity index is 968. The van der Waals surface area contributed by atoms with E-state index < -0.39 is 33.7 Å². The predicted octanol–water partition coefficient (Wildman–Crippen LogP) is 1.09. The zero-order valence-corrected chi connectivity index (χ0v) is 14.4. The highest BCUT2D eigenvalue weighted by Crippen LogP contribution is 2.28. The number of halogens is 1. The second-order valence-corrected chi connectivity index (χ2v) is 7.70. The Labute approximate surface area is 150 Å². The van der Waals surface area contributed by atoms with Crippen LogP contribution in [0.25, 0.3) is 0 Å². The van der Waals surface area contributed by atoms with Gasteiger partial charge >= 0.3 is 17.8 Å². The number of amides is 1. The average molecular weight is 402 g/mol. The third-order valence-electron chi connectivity index (χ3n) is 3.00. The summed E-state index contributed by atoms with van der Waals surface area (Å²) in [7, 11) is -3.97. The maximum atomic E-state index is 12.9. The summed E-state index contributed by atoms with van der Waals surface area (Å²) in [5, 5.41) is 19.4. The predicted molar refractivity (Wildman–Crippen MR) is 88.0 cm³/mol. The van der Waals surface area contributed by atoms with Crippen molar-refractivity contribution in [2.24, 2.45) is 0 Å². The van der Waals surface area contributed by atoms with Crippen molar-refractivity contribution in [2.75, 3.05) is 5.32 Å². The molecule has 0 bridgehead atoms. The van der Waals surface area contributed by atoms with Crippen LogP contribution in [-0.2, 0) is 26.2 Å². The molecule has 2 aromatic rings. The Morgan fingerprint density at radius 2 is 1.73 bits per heavy atom. The lowest BCUT2D eigenvalue weighted by Crippen LogP contribution is -2.22. The first-order valence-corrected chi connectivity index (χ1v) is 9.05. The van der Waals surface area contributed by atoms with Crippen LogP contribution in [0.4, 0.5) is 9.39 Å². The van der Waals surface area contributed by atoms with Gasteiger partial charge in [-0.3, -0.25) is 4.79 Å². The van der Waals surface area contributed by atoms with Gasteiger partial charge in [0.05, 0.1) is 10.5 Å². The molecular weight excluding hydrogens is 391 g/mol. The highest BCUT2D eigenvalue weighted by molar-refractivity contribution is 7.89. The quantitative estimate of drug-likeness (QED) is 0.528. The number of hydrogen-bond acceptors (Lipinski definition) is 6. The molecule has 12 heteroatoms. The number of hydrogen-bond donors (Lipinski definition) is 4. The molecule has 4 N–H and O–H groups in total. The number of carbonyl (C=O) groups is 3. The molecule has 0 saturated heterocycles. The number of sulfonamides is 1. The summed E-state index contributed by atoms with van der Waals surface area (Å²) in [6.45, 7) is -0.312. The average Bonchev–Trinajstić information content (AvgIpc) is 2.96. The van der Waals surface area contributed by atoms with Crippen molar-refractivity contribution in [3.63, 3.8) is 0 Å². The molecule has 0 unspecified atom stereocenters. The fourth-order valence-corrected chi connectivity index (χ4v) is 3.88. The molecule has 138 valence electrons. The highest BCUT2D eigenvalue weighted by atomic mass is 32.2. The number of anilines is 1. The number of carboxylic acid groups (broad SMARTS) is 2. The molecule has 9 nitrogen and oxygen atoms in total. The first kappa shape index (κ1) is 19.5. The maximum absolute atomic E-state index is 12.9. The number of carboxylic acids is 2. The molecule has 0 radical (unpaired) electrons. The van der Waals surface area contributed by atoms with Crippen molar-refractivity contribution in [3.8, 4) is 0 Å². The lowest BCUT2D eigenvalue weighted by Gasteiger charge is -2.05. The van der Waals surface area contributed by atoms with E-state index in [4.69, 9.17) is 10.2 Å². The van der Waals surface area contributed by atoms with Gasteiger partial charge in [-0.1, -0.05) is 0 Å². The van der Waals surface area contributed by atoms with E-state index in [1.165, 1.54) is 0 Å². The van der Waals surface area contributed by atoms with E-state index in [1.807, 2.05) is 5.32 Å². The zero-order chi connectivity index (χ0) is 19.5. The van der Waals surface area contributed by atoms with Crippen molar-refractivity contribution in [1.29, 1.82) is 0 Å². The lowest BCUT2D eigenvalue weighted by atomic mass is 10.3. The largest absolute Gasteiger partial charge is 0.478 e. The molecule has 0 fully saturated rings. The van der Waals surface area contributed by atoms with Crippen molar-refractivity contribution in [1.82, 2.24) is 4.72 Å². The summed E-state index contributed by atoms with van der Waals surface area (Å²) >= 11 is 0.709. The van der Waals surface area contributed by atoms with E-state index in [1.54, 1.807) is 0 Å². The number of nitrogens with one attached hydrogen (secondary N) is 2. The molecule has 26 heavy (non-hydrogen) atoms. The molecule has 0 aliphatic heterocycles. The minimum absolute atomic E-state index is 0.187. The van der Waals surface area contributed by atoms with Gasteiger partial charge in [0.1, 0.15) is 10.8 Å². The highest BCUT2D eigenvalue weighted by Gasteiger charge is 2.21. The summed E-state index contributed by atoms with van der Waals surface area (Å²) in [6, 6.07) is 5.18. The number of aromatic carboxylic acids is 1. The van der Waals surface area contributed by atoms with Gasteiger partial charge < -0.3 is 15.5 Å². The number of carbonyl (C=O) groups excluding carboxylic acids is 1. The number of rotatable bonds is 6. The molecule has 0 saturated carbocycles. The molecule has 1 aromatic carbocycles. The summed E-state index contributed by atoms with van der Waals surface area (Å²) in [4.78, 5) is 32.9. The first-order chi connectivity index (χ1) is 12.1. The van der Waals surface area contributed by atoms with Crippen LogP contribution >= 0.6 is 11.3 Å². The molecule has 0 spiro atoms. The lowest BCUT2D eigenvalue weighted by molar-refractivity contribution is -0.147. The van der Waals surface area contributed by atoms with Gasteiger partial charge in [0, 0.05) is 11.4 Å². The minimum Gasteiger partial charge on any atom is -0.478 e. The zero-order valence-electron chi connectivity index (χ0n) is 12.7. The Balaban J connectivity index is 2.19. The van der Waals surface area contributed by atoms with Crippen LogP contribution in [0, 0.1) is 5.82 Å². The van der Waals surface area contributed by atoms with Crippen LogP contribution in [0.1, 0.15) is 15.2 Å². The molecule has 1 heterocycles. The fraction of sp³-hybridized carbons (Fsp3) is 0.0714. The summed E-state index contributed by atoms with van der Waals surface area (Å²) in [5.74, 6) is -5.25. The van der Waals surface area contributed by atoms with E-state index in [9.17, 15) is 27.2 Å². The Kier molecular flexibility index (Phi) is 5.69. The van der Waals surface area contributed by atoms with Gasteiger partial charge in [-0.2, -0.15) is 0 Å². The summed E-state index contributed by atoms with van der Waals surface area (Å²) in [5.41, 5.74) is -0.374. The fourth-order valence-electron chi connectivity index (χ4n) is 1.80. The van der Waals surface area contributed by atoms with E-state index in [-0.39, 0.29) is 26.9 Å². The number of aliphatic carboxylic acids is 1. The topological polar surface area (TPSA) is 150 Å². The monoisotopic (exact) mass is 402 g/mol. The molecular formula is C14H11FN2O7S2. The summed E-state index contributed by atoms with van der Waals surface area (Å²) in [6.07, 6.45) is 0. The third-order valence-corrected chi connectivity index (χ3v) is 5.46. The SMILES string of the molecule is O=C(O)C(=O)Nc1sc(CNS(=O)(=O)c2ccc(F)cc2)cc1C(=O)O. The molecule has 0 aliphatic carbocycles. The van der Waals surface area contributed by atoms with Gasteiger partial charge in [-0.15, -0.1) is 11.3 Å². The van der Waals surface area contributed by atoms with Crippen molar-refractivity contribution in [3.05, 3.63) is 46.6 Å². The molecule has 0 aliphatic rings. The minimum atomic E-state index is -3.97. The normalized spacial score (nSPS) is 11.1. The van der Waals surface area contributed by atoms with Crippen molar-refractivity contribution >= 4 is 44.2 Å². The van der Waals surface area contributed by atoms with Crippen LogP contribution in [0.3, 0.4) is 0 Å². The van der Waals surface area contributed by atoms with E-state index in [2.05, 4.69) is 4.72 Å². The van der Waals surface area contributed by atoms with Crippen LogP contribution in [-0.4, -0.2) is 36.5 Å². The maximum Gasteiger partial charge on any atom is 0.394 e. The Morgan fingerprint density at radius 1 is 1.12 bits per heavy atom. The van der Waals surface area contributed by atoms with Crippen LogP contribution in [0.2, 0.25) is 0 Å². The van der Waals surface area contributed by atoms with Crippen LogP contribution in [0.5, 0.6) is 0 Å². The standard InChI is InChI=1S/C14H11FN2O7S2/c15-7-1-3-9(4-2-7)26(23,24)16-6-8-5-10(13(19)20)12(25-8)17-11(18)14(21)22/h1-5,16H,6H2,(H,17,18)(H,19,20)(H,21,22). The van der Waals surface area contributed by atoms with Gasteiger partial charge in [0.25, 0.3) is 0 Å². The van der Waals surface area contributed by atoms with E-state index in [0.717, 1.165) is 30.3 Å². The number of thiophene rings is 1. The Morgan fingerprint density at radius 3 is 2.27 bits per heavy atom. The van der Waals surface area contributed by atoms with Crippen LogP contribution < -0.4 is 10.0 Å². The molecule has 0 atom stereocenters. The van der Waals surface area contributed by atoms with Gasteiger partial charge in [-0.25, -0.2) is 27.1 Å². The second kappa shape index (κ2) is 7.59. The van der Waals surface area contributed by atoms with Crippen molar-refractivity contribution < 1.29 is 37.4 Å². The first-order valence-electron chi connectivity index (χ1n) is 6.75. The third kappa shape index (κ3) is 4.62. The number of benzene rings is 1. The Hall–Kier alpha value is -2.83. The van der Waals surface area contributed by atoms with E-state index in [0.29, 0.717) is 11.3 Å². The molecule has 2 rings (SSSR count). The van der Waals surface area contributed by atoms with E-state index >= 15 is 0 Å². The second-order valence-electron chi connectivity index (χ2n) is 4.80. The van der Waals surface area contributed by atoms with Gasteiger partial charge in [0.2, 0.25) is 10.0 Å².